The molecule has 3 rings (SSSR count). The maximum atomic E-state index is 14.2. The maximum Gasteiger partial charge on any atom is 0.306 e. The highest BCUT2D eigenvalue weighted by Crippen LogP contribution is 2.36. The van der Waals surface area contributed by atoms with Gasteiger partial charge in [-0.15, -0.1) is 11.3 Å². The number of rotatable bonds is 5. The number of ether oxygens (including phenoxy) is 1. The van der Waals surface area contributed by atoms with Gasteiger partial charge in [-0.1, -0.05) is 12.1 Å². The van der Waals surface area contributed by atoms with E-state index in [1.807, 2.05) is 23.6 Å². The third-order valence-electron chi connectivity index (χ3n) is 4.55. The molecule has 2 aromatic rings. The smallest absolute Gasteiger partial charge is 0.306 e. The Balaban J connectivity index is 1.88. The van der Waals surface area contributed by atoms with Crippen molar-refractivity contribution in [3.05, 3.63) is 52.0 Å². The second-order valence-corrected chi connectivity index (χ2v) is 6.94. The van der Waals surface area contributed by atoms with Crippen molar-refractivity contribution >= 4 is 17.3 Å². The molecule has 0 spiro atoms. The van der Waals surface area contributed by atoms with Gasteiger partial charge in [-0.25, -0.2) is 4.39 Å². The van der Waals surface area contributed by atoms with E-state index in [2.05, 4.69) is 4.90 Å². The molecule has 2 heterocycles. The normalized spacial score (nSPS) is 17.6. The molecule has 0 radical (unpaired) electrons. The summed E-state index contributed by atoms with van der Waals surface area (Å²) in [7, 11) is 1.45. The number of thiophene rings is 1. The average Bonchev–Trinajstić information content (AvgIpc) is 3.10. The minimum absolute atomic E-state index is 0.0554. The van der Waals surface area contributed by atoms with Crippen LogP contribution in [0.1, 0.15) is 29.3 Å². The fourth-order valence-electron chi connectivity index (χ4n) is 3.26. The predicted molar refractivity (Wildman–Crippen MR) is 91.0 cm³/mol. The van der Waals surface area contributed by atoms with Crippen LogP contribution in [-0.4, -0.2) is 36.2 Å². The molecule has 0 amide bonds. The first-order valence-electron chi connectivity index (χ1n) is 7.94. The lowest BCUT2D eigenvalue weighted by Crippen LogP contribution is -2.39. The van der Waals surface area contributed by atoms with Crippen molar-refractivity contribution in [3.8, 4) is 5.75 Å². The average molecular weight is 349 g/mol. The summed E-state index contributed by atoms with van der Waals surface area (Å²) in [6.07, 6.45) is 1.24. The molecule has 0 aliphatic carbocycles. The zero-order valence-corrected chi connectivity index (χ0v) is 14.3. The highest BCUT2D eigenvalue weighted by Gasteiger charge is 2.31. The van der Waals surface area contributed by atoms with E-state index in [1.54, 1.807) is 17.4 Å². The van der Waals surface area contributed by atoms with Crippen molar-refractivity contribution in [2.75, 3.05) is 20.2 Å². The number of nitrogens with zero attached hydrogens (tertiary/aromatic N) is 1. The lowest BCUT2D eigenvalue weighted by molar-refractivity contribution is -0.143. The van der Waals surface area contributed by atoms with Crippen LogP contribution in [0.25, 0.3) is 0 Å². The number of aliphatic carboxylic acids is 1. The molecule has 6 heteroatoms. The van der Waals surface area contributed by atoms with Crippen molar-refractivity contribution in [2.45, 2.75) is 18.9 Å². The number of methoxy groups -OCH3 is 1. The first-order valence-corrected chi connectivity index (χ1v) is 8.82. The topological polar surface area (TPSA) is 49.8 Å². The van der Waals surface area contributed by atoms with Gasteiger partial charge >= 0.3 is 5.97 Å². The van der Waals surface area contributed by atoms with E-state index in [4.69, 9.17) is 4.74 Å². The monoisotopic (exact) mass is 349 g/mol. The summed E-state index contributed by atoms with van der Waals surface area (Å²) in [4.78, 5) is 14.5. The van der Waals surface area contributed by atoms with E-state index in [0.717, 1.165) is 10.4 Å². The number of piperidine rings is 1. The Kier molecular flexibility index (Phi) is 5.16. The van der Waals surface area contributed by atoms with Crippen molar-refractivity contribution in [1.82, 2.24) is 4.90 Å². The standard InChI is InChI=1S/C18H20FNO3S/c1-23-15-5-4-13(11-14(15)19)17(16-3-2-10-24-16)20-8-6-12(7-9-20)18(21)22/h2-5,10-12,17H,6-9H2,1H3,(H,21,22). The van der Waals surface area contributed by atoms with Gasteiger partial charge in [-0.2, -0.15) is 0 Å². The van der Waals surface area contributed by atoms with Crippen LogP contribution in [-0.2, 0) is 4.79 Å². The first-order chi connectivity index (χ1) is 11.6. The largest absolute Gasteiger partial charge is 0.494 e. The molecule has 1 aliphatic rings. The second kappa shape index (κ2) is 7.32. The van der Waals surface area contributed by atoms with Crippen LogP contribution in [0.2, 0.25) is 0 Å². The van der Waals surface area contributed by atoms with Crippen LogP contribution in [0.15, 0.2) is 35.7 Å². The lowest BCUT2D eigenvalue weighted by Gasteiger charge is -2.36. The Morgan fingerprint density at radius 2 is 2.12 bits per heavy atom. The molecule has 128 valence electrons. The van der Waals surface area contributed by atoms with Crippen LogP contribution >= 0.6 is 11.3 Å². The molecule has 1 saturated heterocycles. The van der Waals surface area contributed by atoms with Gasteiger partial charge in [0, 0.05) is 4.88 Å². The second-order valence-electron chi connectivity index (χ2n) is 5.96. The Labute approximate surface area is 144 Å². The Hall–Kier alpha value is -1.92. The summed E-state index contributed by atoms with van der Waals surface area (Å²) in [5.74, 6) is -1.15. The maximum absolute atomic E-state index is 14.2. The molecule has 1 atom stereocenters. The van der Waals surface area contributed by atoms with Gasteiger partial charge in [0.15, 0.2) is 11.6 Å². The summed E-state index contributed by atoms with van der Waals surface area (Å²) in [6, 6.07) is 9.02. The van der Waals surface area contributed by atoms with Crippen LogP contribution in [0.4, 0.5) is 4.39 Å². The summed E-state index contributed by atoms with van der Waals surface area (Å²) in [5.41, 5.74) is 0.865. The third kappa shape index (κ3) is 3.44. The molecular weight excluding hydrogens is 329 g/mol. The summed E-state index contributed by atoms with van der Waals surface area (Å²) in [5, 5.41) is 11.2. The van der Waals surface area contributed by atoms with Crippen molar-refractivity contribution in [3.63, 3.8) is 0 Å². The Morgan fingerprint density at radius 1 is 1.38 bits per heavy atom. The van der Waals surface area contributed by atoms with Crippen LogP contribution in [0.5, 0.6) is 5.75 Å². The number of hydrogen-bond donors (Lipinski definition) is 1. The molecule has 0 saturated carbocycles. The van der Waals surface area contributed by atoms with Gasteiger partial charge in [0.1, 0.15) is 0 Å². The number of carboxylic acids is 1. The van der Waals surface area contributed by atoms with E-state index in [-0.39, 0.29) is 23.5 Å². The molecular formula is C18H20FNO3S. The van der Waals surface area contributed by atoms with E-state index >= 15 is 0 Å². The number of benzene rings is 1. The summed E-state index contributed by atoms with van der Waals surface area (Å²) < 4.78 is 19.2. The molecule has 1 fully saturated rings. The molecule has 1 aliphatic heterocycles. The van der Waals surface area contributed by atoms with Crippen molar-refractivity contribution < 1.29 is 19.0 Å². The molecule has 1 N–H and O–H groups in total. The van der Waals surface area contributed by atoms with E-state index in [9.17, 15) is 14.3 Å². The molecule has 1 aromatic heterocycles. The zero-order valence-electron chi connectivity index (χ0n) is 13.4. The minimum atomic E-state index is -0.724. The van der Waals surface area contributed by atoms with Gasteiger partial charge in [0.05, 0.1) is 19.1 Å². The van der Waals surface area contributed by atoms with Crippen molar-refractivity contribution in [1.29, 1.82) is 0 Å². The number of carboxylic acid groups (broad SMARTS) is 1. The molecule has 1 unspecified atom stereocenters. The van der Waals surface area contributed by atoms with Gasteiger partial charge in [0.25, 0.3) is 0 Å². The number of carbonyl (C=O) groups is 1. The van der Waals surface area contributed by atoms with E-state index < -0.39 is 5.97 Å². The third-order valence-corrected chi connectivity index (χ3v) is 5.47. The van der Waals surface area contributed by atoms with Crippen LogP contribution < -0.4 is 4.74 Å². The quantitative estimate of drug-likeness (QED) is 0.892. The molecule has 1 aromatic carbocycles. The Morgan fingerprint density at radius 3 is 2.67 bits per heavy atom. The number of likely N-dealkylation sites (tertiary alicyclic amines) is 1. The number of hydrogen-bond acceptors (Lipinski definition) is 4. The first kappa shape index (κ1) is 16.9. The van der Waals surface area contributed by atoms with Crippen molar-refractivity contribution in [2.24, 2.45) is 5.92 Å². The Bertz CT molecular complexity index is 696. The minimum Gasteiger partial charge on any atom is -0.494 e. The van der Waals surface area contributed by atoms with Gasteiger partial charge in [0.2, 0.25) is 0 Å². The molecule has 0 bridgehead atoms. The van der Waals surface area contributed by atoms with Gasteiger partial charge < -0.3 is 9.84 Å². The highest BCUT2D eigenvalue weighted by atomic mass is 32.1. The fourth-order valence-corrected chi connectivity index (χ4v) is 4.14. The highest BCUT2D eigenvalue weighted by molar-refractivity contribution is 7.10. The zero-order chi connectivity index (χ0) is 17.1. The van der Waals surface area contributed by atoms with Crippen LogP contribution in [0.3, 0.4) is 0 Å². The predicted octanol–water partition coefficient (Wildman–Crippen LogP) is 3.78. The van der Waals surface area contributed by atoms with Crippen LogP contribution in [0, 0.1) is 11.7 Å². The number of halogens is 1. The van der Waals surface area contributed by atoms with Gasteiger partial charge in [-0.05, 0) is 55.1 Å². The SMILES string of the molecule is COc1ccc(C(c2cccs2)N2CCC(C(=O)O)CC2)cc1F. The molecule has 4 nitrogen and oxygen atoms in total. The lowest BCUT2D eigenvalue weighted by atomic mass is 9.93. The molecule has 24 heavy (non-hydrogen) atoms. The fraction of sp³-hybridized carbons (Fsp3) is 0.389. The summed E-state index contributed by atoms with van der Waals surface area (Å²) in [6.45, 7) is 1.38. The van der Waals surface area contributed by atoms with Gasteiger partial charge in [-0.3, -0.25) is 9.69 Å². The van der Waals surface area contributed by atoms with E-state index in [0.29, 0.717) is 25.9 Å². The summed E-state index contributed by atoms with van der Waals surface area (Å²) >= 11 is 1.63. The van der Waals surface area contributed by atoms with E-state index in [1.165, 1.54) is 13.2 Å².